The van der Waals surface area contributed by atoms with Crippen LogP contribution in [0.1, 0.15) is 50.5 Å². The van der Waals surface area contributed by atoms with E-state index in [9.17, 15) is 10.2 Å². The number of hydroxylamine groups is 1. The SMILES string of the molecule is C[C@]12CC[C@H](c3ccc(O)cc3)C[C@@]1(O)CC[C@@H]2CNOCCN. The van der Waals surface area contributed by atoms with Crippen molar-refractivity contribution in [3.05, 3.63) is 29.8 Å². The lowest BCUT2D eigenvalue weighted by Crippen LogP contribution is -2.50. The van der Waals surface area contributed by atoms with Crippen LogP contribution in [0.2, 0.25) is 0 Å². The van der Waals surface area contributed by atoms with Crippen molar-refractivity contribution < 1.29 is 15.1 Å². The van der Waals surface area contributed by atoms with E-state index in [-0.39, 0.29) is 5.41 Å². The van der Waals surface area contributed by atoms with Gasteiger partial charge >= 0.3 is 0 Å². The van der Waals surface area contributed by atoms with Gasteiger partial charge in [0.15, 0.2) is 0 Å². The molecule has 5 nitrogen and oxygen atoms in total. The number of rotatable bonds is 6. The summed E-state index contributed by atoms with van der Waals surface area (Å²) in [5.74, 6) is 1.08. The maximum atomic E-state index is 11.4. The molecule has 0 aliphatic heterocycles. The van der Waals surface area contributed by atoms with E-state index in [0.29, 0.717) is 30.7 Å². The average Bonchev–Trinajstić information content (AvgIpc) is 2.83. The molecule has 5 N–H and O–H groups in total. The highest BCUT2D eigenvalue weighted by molar-refractivity contribution is 5.30. The summed E-state index contributed by atoms with van der Waals surface area (Å²) in [6, 6.07) is 7.45. The highest BCUT2D eigenvalue weighted by Crippen LogP contribution is 2.60. The molecule has 3 rings (SSSR count). The van der Waals surface area contributed by atoms with Gasteiger partial charge in [0.1, 0.15) is 5.75 Å². The van der Waals surface area contributed by atoms with Gasteiger partial charge in [0.2, 0.25) is 0 Å². The Morgan fingerprint density at radius 1 is 1.25 bits per heavy atom. The fraction of sp³-hybridized carbons (Fsp3) is 0.684. The quantitative estimate of drug-likeness (QED) is 0.473. The topological polar surface area (TPSA) is 87.7 Å². The molecule has 4 atom stereocenters. The summed E-state index contributed by atoms with van der Waals surface area (Å²) in [6.07, 6.45) is 4.76. The number of aromatic hydroxyl groups is 1. The van der Waals surface area contributed by atoms with Gasteiger partial charge in [-0.25, -0.2) is 5.48 Å². The highest BCUT2D eigenvalue weighted by atomic mass is 16.6. The zero-order valence-electron chi connectivity index (χ0n) is 14.5. The summed E-state index contributed by atoms with van der Waals surface area (Å²) < 4.78 is 0. The van der Waals surface area contributed by atoms with E-state index >= 15 is 0 Å². The van der Waals surface area contributed by atoms with Crippen LogP contribution >= 0.6 is 0 Å². The predicted molar refractivity (Wildman–Crippen MR) is 93.5 cm³/mol. The number of hydrogen-bond acceptors (Lipinski definition) is 5. The van der Waals surface area contributed by atoms with Crippen molar-refractivity contribution in [2.45, 2.75) is 50.5 Å². The van der Waals surface area contributed by atoms with Crippen molar-refractivity contribution in [1.82, 2.24) is 5.48 Å². The summed E-state index contributed by atoms with van der Waals surface area (Å²) in [5, 5.41) is 20.9. The zero-order chi connectivity index (χ0) is 17.2. The van der Waals surface area contributed by atoms with Crippen LogP contribution in [0.25, 0.3) is 0 Å². The standard InChI is InChI=1S/C19H30N2O3/c1-18-8-6-15(14-2-4-17(22)5-3-14)12-19(18,23)9-7-16(18)13-21-24-11-10-20/h2-5,15-16,21-23H,6-13,20H2,1H3/t15-,16+,18+,19-/m0/s1. The Morgan fingerprint density at radius 2 is 2.00 bits per heavy atom. The lowest BCUT2D eigenvalue weighted by atomic mass is 9.59. The number of phenolic OH excluding ortho intramolecular Hbond substituents is 1. The molecular weight excluding hydrogens is 304 g/mol. The maximum Gasteiger partial charge on any atom is 0.115 e. The smallest absolute Gasteiger partial charge is 0.115 e. The Bertz CT molecular complexity index is 550. The van der Waals surface area contributed by atoms with Crippen molar-refractivity contribution in [2.75, 3.05) is 19.7 Å². The monoisotopic (exact) mass is 334 g/mol. The molecular formula is C19H30N2O3. The second-order valence-electron chi connectivity index (χ2n) is 7.70. The van der Waals surface area contributed by atoms with Gasteiger partial charge in [-0.15, -0.1) is 0 Å². The second kappa shape index (κ2) is 7.00. The molecule has 0 saturated heterocycles. The van der Waals surface area contributed by atoms with E-state index in [1.54, 1.807) is 12.1 Å². The van der Waals surface area contributed by atoms with Crippen molar-refractivity contribution in [1.29, 1.82) is 0 Å². The number of fused-ring (bicyclic) bond motifs is 1. The fourth-order valence-electron chi connectivity index (χ4n) is 4.80. The van der Waals surface area contributed by atoms with E-state index in [2.05, 4.69) is 12.4 Å². The first-order valence-corrected chi connectivity index (χ1v) is 9.04. The number of nitrogens with two attached hydrogens (primary N) is 1. The van der Waals surface area contributed by atoms with Crippen LogP contribution in [-0.2, 0) is 4.84 Å². The molecule has 1 aromatic carbocycles. The van der Waals surface area contributed by atoms with Gasteiger partial charge in [-0.2, -0.15) is 0 Å². The maximum absolute atomic E-state index is 11.4. The van der Waals surface area contributed by atoms with E-state index in [4.69, 9.17) is 10.6 Å². The Labute approximate surface area is 144 Å². The first-order valence-electron chi connectivity index (χ1n) is 9.04. The first kappa shape index (κ1) is 17.7. The largest absolute Gasteiger partial charge is 0.508 e. The normalized spacial score (nSPS) is 35.8. The number of hydrogen-bond donors (Lipinski definition) is 4. The molecule has 1 aromatic rings. The van der Waals surface area contributed by atoms with Crippen LogP contribution in [0.3, 0.4) is 0 Å². The third-order valence-electron chi connectivity index (χ3n) is 6.48. The van der Waals surface area contributed by atoms with Crippen LogP contribution in [0.5, 0.6) is 5.75 Å². The molecule has 0 heterocycles. The molecule has 0 amide bonds. The van der Waals surface area contributed by atoms with Crippen LogP contribution in [0.15, 0.2) is 24.3 Å². The molecule has 2 aliphatic rings. The van der Waals surface area contributed by atoms with Crippen LogP contribution in [-0.4, -0.2) is 35.5 Å². The minimum Gasteiger partial charge on any atom is -0.508 e. The Balaban J connectivity index is 1.67. The lowest BCUT2D eigenvalue weighted by molar-refractivity contribution is -0.109. The summed E-state index contributed by atoms with van der Waals surface area (Å²) in [6.45, 7) is 4.02. The zero-order valence-corrected chi connectivity index (χ0v) is 14.5. The van der Waals surface area contributed by atoms with E-state index in [1.807, 2.05) is 12.1 Å². The summed E-state index contributed by atoms with van der Waals surface area (Å²) in [7, 11) is 0. The Morgan fingerprint density at radius 3 is 2.71 bits per heavy atom. The highest BCUT2D eigenvalue weighted by Gasteiger charge is 2.58. The molecule has 0 bridgehead atoms. The molecule has 2 aliphatic carbocycles. The van der Waals surface area contributed by atoms with Crippen molar-refractivity contribution >= 4 is 0 Å². The molecule has 0 unspecified atom stereocenters. The number of aliphatic hydroxyl groups is 1. The van der Waals surface area contributed by atoms with Crippen LogP contribution in [0.4, 0.5) is 0 Å². The number of phenols is 1. The summed E-state index contributed by atoms with van der Waals surface area (Å²) >= 11 is 0. The Kier molecular flexibility index (Phi) is 5.16. The summed E-state index contributed by atoms with van der Waals surface area (Å²) in [5.41, 5.74) is 9.00. The van der Waals surface area contributed by atoms with Gasteiger partial charge < -0.3 is 20.8 Å². The molecule has 0 spiro atoms. The van der Waals surface area contributed by atoms with Crippen LogP contribution in [0, 0.1) is 11.3 Å². The van der Waals surface area contributed by atoms with Crippen molar-refractivity contribution in [3.8, 4) is 5.75 Å². The van der Waals surface area contributed by atoms with Crippen LogP contribution < -0.4 is 11.2 Å². The molecule has 24 heavy (non-hydrogen) atoms. The second-order valence-corrected chi connectivity index (χ2v) is 7.70. The molecule has 0 aromatic heterocycles. The molecule has 5 heteroatoms. The lowest BCUT2D eigenvalue weighted by Gasteiger charge is -2.49. The average molecular weight is 334 g/mol. The van der Waals surface area contributed by atoms with E-state index in [1.165, 1.54) is 5.56 Å². The van der Waals surface area contributed by atoms with Gasteiger partial charge in [-0.1, -0.05) is 19.1 Å². The van der Waals surface area contributed by atoms with Crippen molar-refractivity contribution in [2.24, 2.45) is 17.1 Å². The van der Waals surface area contributed by atoms with Gasteiger partial charge in [-0.05, 0) is 61.6 Å². The Hall–Kier alpha value is -1.14. The first-order chi connectivity index (χ1) is 11.5. The van der Waals surface area contributed by atoms with E-state index < -0.39 is 5.60 Å². The minimum absolute atomic E-state index is 0.0699. The van der Waals surface area contributed by atoms with Crippen molar-refractivity contribution in [3.63, 3.8) is 0 Å². The number of benzene rings is 1. The van der Waals surface area contributed by atoms with E-state index in [0.717, 1.165) is 38.6 Å². The molecule has 134 valence electrons. The van der Waals surface area contributed by atoms with Gasteiger partial charge in [-0.3, -0.25) is 0 Å². The third kappa shape index (κ3) is 3.18. The van der Waals surface area contributed by atoms with Gasteiger partial charge in [0.05, 0.1) is 12.2 Å². The predicted octanol–water partition coefficient (Wildman–Crippen LogP) is 2.29. The van der Waals surface area contributed by atoms with Gasteiger partial charge in [0, 0.05) is 18.5 Å². The molecule has 0 radical (unpaired) electrons. The molecule has 2 fully saturated rings. The number of nitrogens with one attached hydrogen (secondary N) is 1. The third-order valence-corrected chi connectivity index (χ3v) is 6.48. The minimum atomic E-state index is -0.617. The summed E-state index contributed by atoms with van der Waals surface area (Å²) in [4.78, 5) is 5.32. The molecule has 2 saturated carbocycles. The van der Waals surface area contributed by atoms with Gasteiger partial charge in [0.25, 0.3) is 0 Å². The fourth-order valence-corrected chi connectivity index (χ4v) is 4.80.